The van der Waals surface area contributed by atoms with Gasteiger partial charge in [0, 0.05) is 6.20 Å². The average Bonchev–Trinajstić information content (AvgIpc) is 3.12. The van der Waals surface area contributed by atoms with Crippen molar-refractivity contribution >= 4 is 52.2 Å². The number of fused-ring (bicyclic) bond motifs is 1. The topological polar surface area (TPSA) is 68.5 Å². The molecule has 0 radical (unpaired) electrons. The van der Waals surface area contributed by atoms with Gasteiger partial charge in [0.1, 0.15) is 5.75 Å². The number of nitrogens with one attached hydrogen (secondary N) is 1. The zero-order chi connectivity index (χ0) is 20.2. The van der Waals surface area contributed by atoms with E-state index in [1.54, 1.807) is 28.8 Å². The summed E-state index contributed by atoms with van der Waals surface area (Å²) in [6.07, 6.45) is 1.66. The molecule has 9 heteroatoms. The molecule has 0 saturated carbocycles. The fourth-order valence-corrected chi connectivity index (χ4v) is 3.81. The van der Waals surface area contributed by atoms with Crippen LogP contribution in [-0.4, -0.2) is 26.3 Å². The van der Waals surface area contributed by atoms with Crippen molar-refractivity contribution in [3.63, 3.8) is 0 Å². The van der Waals surface area contributed by atoms with Gasteiger partial charge in [-0.25, -0.2) is 0 Å². The van der Waals surface area contributed by atoms with Crippen LogP contribution in [0.1, 0.15) is 0 Å². The lowest BCUT2D eigenvalue weighted by Crippen LogP contribution is -2.14. The van der Waals surface area contributed by atoms with E-state index in [9.17, 15) is 4.79 Å². The second-order valence-electron chi connectivity index (χ2n) is 5.93. The number of para-hydroxylation sites is 3. The smallest absolute Gasteiger partial charge is 0.234 e. The number of ether oxygens (including phenoxy) is 1. The van der Waals surface area contributed by atoms with Gasteiger partial charge in [-0.15, -0.1) is 10.2 Å². The molecule has 0 aliphatic heterocycles. The van der Waals surface area contributed by atoms with Gasteiger partial charge in [-0.3, -0.25) is 9.20 Å². The number of amides is 1. The minimum atomic E-state index is -0.205. The molecule has 29 heavy (non-hydrogen) atoms. The van der Waals surface area contributed by atoms with Gasteiger partial charge in [0.15, 0.2) is 16.6 Å². The Morgan fingerprint density at radius 3 is 2.66 bits per heavy atom. The quantitative estimate of drug-likeness (QED) is 0.394. The number of thioether (sulfide) groups is 1. The third kappa shape index (κ3) is 4.64. The van der Waals surface area contributed by atoms with E-state index in [0.29, 0.717) is 38.0 Å². The predicted octanol–water partition coefficient (Wildman–Crippen LogP) is 5.56. The number of anilines is 1. The molecule has 0 fully saturated rings. The maximum atomic E-state index is 12.5. The Morgan fingerprint density at radius 1 is 1.07 bits per heavy atom. The number of benzene rings is 2. The van der Waals surface area contributed by atoms with E-state index in [1.807, 2.05) is 42.5 Å². The molecule has 4 rings (SSSR count). The van der Waals surface area contributed by atoms with E-state index in [0.717, 1.165) is 0 Å². The summed E-state index contributed by atoms with van der Waals surface area (Å²) in [6.45, 7) is 0. The highest BCUT2D eigenvalue weighted by atomic mass is 35.5. The SMILES string of the molecule is O=C(CSc1nnc2c(Cl)cc(Cl)cn12)Nc1ccccc1Oc1ccccc1. The van der Waals surface area contributed by atoms with Crippen molar-refractivity contribution in [1.29, 1.82) is 0 Å². The highest BCUT2D eigenvalue weighted by Gasteiger charge is 2.14. The fourth-order valence-electron chi connectivity index (χ4n) is 2.59. The summed E-state index contributed by atoms with van der Waals surface area (Å²) in [5.41, 5.74) is 1.07. The monoisotopic (exact) mass is 444 g/mol. The van der Waals surface area contributed by atoms with Crippen molar-refractivity contribution in [3.8, 4) is 11.5 Å². The lowest BCUT2D eigenvalue weighted by atomic mass is 10.3. The Hall–Kier alpha value is -2.74. The van der Waals surface area contributed by atoms with Crippen molar-refractivity contribution < 1.29 is 9.53 Å². The van der Waals surface area contributed by atoms with Gasteiger partial charge in [-0.05, 0) is 30.3 Å². The van der Waals surface area contributed by atoms with Crippen LogP contribution in [-0.2, 0) is 4.79 Å². The molecule has 2 aromatic carbocycles. The lowest BCUT2D eigenvalue weighted by Gasteiger charge is -2.12. The van der Waals surface area contributed by atoms with E-state index < -0.39 is 0 Å². The first-order chi connectivity index (χ1) is 14.1. The van der Waals surface area contributed by atoms with Crippen molar-refractivity contribution in [2.75, 3.05) is 11.1 Å². The van der Waals surface area contributed by atoms with Crippen LogP contribution in [0.25, 0.3) is 5.65 Å². The Morgan fingerprint density at radius 2 is 1.83 bits per heavy atom. The third-order valence-corrected chi connectivity index (χ3v) is 5.29. The molecule has 0 bridgehead atoms. The number of rotatable bonds is 6. The van der Waals surface area contributed by atoms with Crippen molar-refractivity contribution in [3.05, 3.63) is 76.9 Å². The first-order valence-electron chi connectivity index (χ1n) is 8.54. The summed E-state index contributed by atoms with van der Waals surface area (Å²) in [6, 6.07) is 18.2. The summed E-state index contributed by atoms with van der Waals surface area (Å²) in [5.74, 6) is 1.17. The Bertz CT molecular complexity index is 1170. The average molecular weight is 445 g/mol. The van der Waals surface area contributed by atoms with E-state index in [-0.39, 0.29) is 11.7 Å². The second-order valence-corrected chi connectivity index (χ2v) is 7.72. The van der Waals surface area contributed by atoms with Gasteiger partial charge >= 0.3 is 0 Å². The van der Waals surface area contributed by atoms with Gasteiger partial charge in [0.2, 0.25) is 5.91 Å². The molecule has 0 aliphatic carbocycles. The Kier molecular flexibility index (Phi) is 5.89. The zero-order valence-electron chi connectivity index (χ0n) is 14.9. The standard InChI is InChI=1S/C20H14Cl2N4O2S/c21-13-10-15(22)19-24-25-20(26(19)11-13)29-12-18(27)23-16-8-4-5-9-17(16)28-14-6-2-1-3-7-14/h1-11H,12H2,(H,23,27). The molecule has 4 aromatic rings. The second kappa shape index (κ2) is 8.73. The first kappa shape index (κ1) is 19.6. The number of carbonyl (C=O) groups is 1. The van der Waals surface area contributed by atoms with Crippen LogP contribution in [0.4, 0.5) is 5.69 Å². The largest absolute Gasteiger partial charge is 0.455 e. The Labute approximate surface area is 180 Å². The number of hydrogen-bond acceptors (Lipinski definition) is 5. The Balaban J connectivity index is 1.45. The van der Waals surface area contributed by atoms with E-state index in [2.05, 4.69) is 15.5 Å². The van der Waals surface area contributed by atoms with Gasteiger partial charge in [-0.2, -0.15) is 0 Å². The van der Waals surface area contributed by atoms with Gasteiger partial charge in [0.05, 0.1) is 21.5 Å². The van der Waals surface area contributed by atoms with Crippen LogP contribution >= 0.6 is 35.0 Å². The number of carbonyl (C=O) groups excluding carboxylic acids is 1. The number of nitrogens with zero attached hydrogens (tertiary/aromatic N) is 3. The molecule has 1 amide bonds. The molecule has 1 N–H and O–H groups in total. The molecule has 6 nitrogen and oxygen atoms in total. The van der Waals surface area contributed by atoms with E-state index >= 15 is 0 Å². The van der Waals surface area contributed by atoms with Crippen LogP contribution in [0.3, 0.4) is 0 Å². The molecule has 0 atom stereocenters. The van der Waals surface area contributed by atoms with Crippen LogP contribution in [0, 0.1) is 0 Å². The zero-order valence-corrected chi connectivity index (χ0v) is 17.2. The predicted molar refractivity (Wildman–Crippen MR) is 115 cm³/mol. The maximum Gasteiger partial charge on any atom is 0.234 e. The van der Waals surface area contributed by atoms with Gasteiger partial charge in [-0.1, -0.05) is 65.3 Å². The van der Waals surface area contributed by atoms with Crippen LogP contribution < -0.4 is 10.1 Å². The van der Waals surface area contributed by atoms with Crippen molar-refractivity contribution in [1.82, 2.24) is 14.6 Å². The minimum Gasteiger partial charge on any atom is -0.455 e. The van der Waals surface area contributed by atoms with Gasteiger partial charge in [0.25, 0.3) is 0 Å². The fraction of sp³-hybridized carbons (Fsp3) is 0.0500. The molecule has 146 valence electrons. The highest BCUT2D eigenvalue weighted by molar-refractivity contribution is 7.99. The number of hydrogen-bond donors (Lipinski definition) is 1. The molecule has 2 heterocycles. The third-order valence-electron chi connectivity index (χ3n) is 3.86. The van der Waals surface area contributed by atoms with Crippen LogP contribution in [0.15, 0.2) is 72.0 Å². The summed E-state index contributed by atoms with van der Waals surface area (Å²) in [4.78, 5) is 12.5. The molecular weight excluding hydrogens is 431 g/mol. The molecule has 0 aliphatic rings. The lowest BCUT2D eigenvalue weighted by molar-refractivity contribution is -0.113. The molecule has 2 aromatic heterocycles. The minimum absolute atomic E-state index is 0.130. The summed E-state index contributed by atoms with van der Waals surface area (Å²) < 4.78 is 7.53. The summed E-state index contributed by atoms with van der Waals surface area (Å²) in [7, 11) is 0. The van der Waals surface area contributed by atoms with Crippen molar-refractivity contribution in [2.45, 2.75) is 5.16 Å². The summed E-state index contributed by atoms with van der Waals surface area (Å²) in [5, 5.41) is 12.4. The molecule has 0 unspecified atom stereocenters. The van der Waals surface area contributed by atoms with Crippen molar-refractivity contribution in [2.24, 2.45) is 0 Å². The molecule has 0 spiro atoms. The number of aromatic nitrogens is 3. The molecule has 0 saturated heterocycles. The number of halogens is 2. The first-order valence-corrected chi connectivity index (χ1v) is 10.3. The summed E-state index contributed by atoms with van der Waals surface area (Å²) >= 11 is 13.4. The van der Waals surface area contributed by atoms with Crippen LogP contribution in [0.2, 0.25) is 10.0 Å². The maximum absolute atomic E-state index is 12.5. The highest BCUT2D eigenvalue weighted by Crippen LogP contribution is 2.30. The van der Waals surface area contributed by atoms with Gasteiger partial charge < -0.3 is 10.1 Å². The van der Waals surface area contributed by atoms with E-state index in [4.69, 9.17) is 27.9 Å². The number of pyridine rings is 1. The van der Waals surface area contributed by atoms with E-state index in [1.165, 1.54) is 11.8 Å². The normalized spacial score (nSPS) is 10.8. The molecular formula is C20H14Cl2N4O2S. The van der Waals surface area contributed by atoms with Crippen LogP contribution in [0.5, 0.6) is 11.5 Å².